The summed E-state index contributed by atoms with van der Waals surface area (Å²) >= 11 is 0. The minimum Gasteiger partial charge on any atom is -0.465 e. The van der Waals surface area contributed by atoms with Crippen molar-refractivity contribution in [2.45, 2.75) is 143 Å². The molecule has 1 aliphatic rings. The molecule has 0 heterocycles. The second kappa shape index (κ2) is 20.2. The fraction of sp³-hybridized carbons (Fsp3) is 0.933. The molecular weight excluding hydrogens is 424 g/mol. The minimum atomic E-state index is -0.307. The van der Waals surface area contributed by atoms with Crippen LogP contribution in [0, 0.1) is 23.7 Å². The van der Waals surface area contributed by atoms with Gasteiger partial charge < -0.3 is 9.47 Å². The predicted molar refractivity (Wildman–Crippen MR) is 142 cm³/mol. The zero-order chi connectivity index (χ0) is 25.0. The first-order valence-electron chi connectivity index (χ1n) is 14.7. The van der Waals surface area contributed by atoms with Gasteiger partial charge in [0.25, 0.3) is 0 Å². The molecule has 0 aromatic rings. The van der Waals surface area contributed by atoms with E-state index < -0.39 is 0 Å². The average molecular weight is 481 g/mol. The van der Waals surface area contributed by atoms with Gasteiger partial charge in [-0.15, -0.1) is 0 Å². The average Bonchev–Trinajstić information content (AvgIpc) is 2.81. The van der Waals surface area contributed by atoms with Gasteiger partial charge >= 0.3 is 11.9 Å². The molecule has 2 unspecified atom stereocenters. The van der Waals surface area contributed by atoms with Gasteiger partial charge in [-0.3, -0.25) is 9.59 Å². The van der Waals surface area contributed by atoms with Crippen LogP contribution in [0.4, 0.5) is 0 Å². The number of rotatable bonds is 20. The van der Waals surface area contributed by atoms with Crippen LogP contribution in [-0.4, -0.2) is 25.2 Å². The van der Waals surface area contributed by atoms with Crippen LogP contribution >= 0.6 is 0 Å². The van der Waals surface area contributed by atoms with Crippen molar-refractivity contribution in [1.82, 2.24) is 0 Å². The van der Waals surface area contributed by atoms with E-state index in [1.54, 1.807) is 0 Å². The zero-order valence-electron chi connectivity index (χ0n) is 23.1. The second-order valence-corrected chi connectivity index (χ2v) is 11.4. The summed E-state index contributed by atoms with van der Waals surface area (Å²) < 4.78 is 11.2. The number of ether oxygens (including phenoxy) is 2. The lowest BCUT2D eigenvalue weighted by atomic mass is 9.79. The van der Waals surface area contributed by atoms with E-state index in [4.69, 9.17) is 9.47 Å². The third-order valence-corrected chi connectivity index (χ3v) is 7.21. The van der Waals surface area contributed by atoms with E-state index in [0.29, 0.717) is 13.2 Å². The molecule has 34 heavy (non-hydrogen) atoms. The van der Waals surface area contributed by atoms with E-state index >= 15 is 0 Å². The number of unbranched alkanes of at least 4 members (excludes halogenated alkanes) is 10. The molecule has 1 saturated carbocycles. The van der Waals surface area contributed by atoms with E-state index in [2.05, 4.69) is 27.7 Å². The molecule has 0 radical (unpaired) electrons. The Morgan fingerprint density at radius 1 is 0.559 bits per heavy atom. The molecule has 200 valence electrons. The highest BCUT2D eigenvalue weighted by Crippen LogP contribution is 2.32. The molecule has 0 aromatic carbocycles. The van der Waals surface area contributed by atoms with E-state index in [9.17, 15) is 9.59 Å². The Morgan fingerprint density at radius 3 is 1.24 bits per heavy atom. The summed E-state index contributed by atoms with van der Waals surface area (Å²) in [6.07, 6.45) is 20.5. The summed E-state index contributed by atoms with van der Waals surface area (Å²) in [7, 11) is 0. The minimum absolute atomic E-state index is 0.181. The molecular formula is C30H56O4. The van der Waals surface area contributed by atoms with Crippen molar-refractivity contribution >= 4 is 11.9 Å². The van der Waals surface area contributed by atoms with E-state index in [1.165, 1.54) is 64.2 Å². The summed E-state index contributed by atoms with van der Waals surface area (Å²) in [6.45, 7) is 10.1. The molecule has 4 nitrogen and oxygen atoms in total. The van der Waals surface area contributed by atoms with Crippen molar-refractivity contribution in [3.8, 4) is 0 Å². The van der Waals surface area contributed by atoms with Crippen LogP contribution in [0.2, 0.25) is 0 Å². The Morgan fingerprint density at radius 2 is 0.882 bits per heavy atom. The number of carbonyl (C=O) groups excluding carboxylic acids is 2. The summed E-state index contributed by atoms with van der Waals surface area (Å²) in [5.74, 6) is 0.626. The number of esters is 2. The molecule has 0 aliphatic heterocycles. The molecule has 1 rings (SSSR count). The first-order chi connectivity index (χ1) is 16.4. The van der Waals surface area contributed by atoms with Gasteiger partial charge in [0.2, 0.25) is 0 Å². The summed E-state index contributed by atoms with van der Waals surface area (Å²) in [5, 5.41) is 0. The summed E-state index contributed by atoms with van der Waals surface area (Å²) in [4.78, 5) is 25.3. The molecule has 2 atom stereocenters. The summed E-state index contributed by atoms with van der Waals surface area (Å²) in [5.41, 5.74) is 0. The lowest BCUT2D eigenvalue weighted by Crippen LogP contribution is -2.35. The van der Waals surface area contributed by atoms with E-state index in [0.717, 1.165) is 63.2 Å². The van der Waals surface area contributed by atoms with Crippen LogP contribution in [0.25, 0.3) is 0 Å². The Hall–Kier alpha value is -1.06. The molecule has 4 heteroatoms. The van der Waals surface area contributed by atoms with Crippen molar-refractivity contribution in [2.75, 3.05) is 13.2 Å². The van der Waals surface area contributed by atoms with Crippen molar-refractivity contribution in [3.05, 3.63) is 0 Å². The van der Waals surface area contributed by atoms with Gasteiger partial charge in [0.05, 0.1) is 25.0 Å². The van der Waals surface area contributed by atoms with Crippen LogP contribution in [0.5, 0.6) is 0 Å². The van der Waals surface area contributed by atoms with Gasteiger partial charge in [-0.05, 0) is 37.5 Å². The van der Waals surface area contributed by atoms with E-state index in [1.807, 2.05) is 0 Å². The number of carbonyl (C=O) groups is 2. The second-order valence-electron chi connectivity index (χ2n) is 11.4. The maximum absolute atomic E-state index is 12.7. The Labute approximate surface area is 211 Å². The van der Waals surface area contributed by atoms with Gasteiger partial charge in [-0.1, -0.05) is 118 Å². The normalized spacial score (nSPS) is 18.4. The zero-order valence-corrected chi connectivity index (χ0v) is 23.1. The number of hydrogen-bond donors (Lipinski definition) is 0. The Balaban J connectivity index is 2.13. The van der Waals surface area contributed by atoms with Crippen molar-refractivity contribution in [1.29, 1.82) is 0 Å². The van der Waals surface area contributed by atoms with Crippen LogP contribution in [-0.2, 0) is 19.1 Å². The maximum atomic E-state index is 12.7. The standard InChI is InChI=1S/C30H56O4/c1-25(2)19-13-9-5-7-11-17-23-33-29(31)27-21-15-16-22-28(27)30(32)34-24-18-12-8-6-10-14-20-26(3)4/h25-28H,5-24H2,1-4H3. The third kappa shape index (κ3) is 15.8. The number of hydrogen-bond acceptors (Lipinski definition) is 4. The van der Waals surface area contributed by atoms with Gasteiger partial charge in [0, 0.05) is 0 Å². The predicted octanol–water partition coefficient (Wildman–Crippen LogP) is 8.65. The highest BCUT2D eigenvalue weighted by molar-refractivity contribution is 5.82. The Kier molecular flexibility index (Phi) is 18.4. The topological polar surface area (TPSA) is 52.6 Å². The SMILES string of the molecule is CC(C)CCCCCCCCOC(=O)C1CCCCC1C(=O)OCCCCCCCCC(C)C. The van der Waals surface area contributed by atoms with Crippen molar-refractivity contribution in [3.63, 3.8) is 0 Å². The molecule has 1 fully saturated rings. The van der Waals surface area contributed by atoms with Gasteiger partial charge in [0.1, 0.15) is 0 Å². The molecule has 0 amide bonds. The van der Waals surface area contributed by atoms with Gasteiger partial charge in [-0.2, -0.15) is 0 Å². The van der Waals surface area contributed by atoms with Gasteiger partial charge in [0.15, 0.2) is 0 Å². The molecule has 0 spiro atoms. The monoisotopic (exact) mass is 480 g/mol. The first kappa shape index (κ1) is 31.0. The largest absolute Gasteiger partial charge is 0.465 e. The maximum Gasteiger partial charge on any atom is 0.309 e. The van der Waals surface area contributed by atoms with Crippen LogP contribution in [0.15, 0.2) is 0 Å². The van der Waals surface area contributed by atoms with Crippen LogP contribution in [0.3, 0.4) is 0 Å². The van der Waals surface area contributed by atoms with Crippen LogP contribution < -0.4 is 0 Å². The smallest absolute Gasteiger partial charge is 0.309 e. The molecule has 0 saturated heterocycles. The lowest BCUT2D eigenvalue weighted by Gasteiger charge is -2.28. The fourth-order valence-corrected chi connectivity index (χ4v) is 4.98. The highest BCUT2D eigenvalue weighted by Gasteiger charge is 2.37. The van der Waals surface area contributed by atoms with Crippen molar-refractivity contribution in [2.24, 2.45) is 23.7 Å². The quantitative estimate of drug-likeness (QED) is 0.129. The lowest BCUT2D eigenvalue weighted by molar-refractivity contribution is -0.163. The first-order valence-corrected chi connectivity index (χ1v) is 14.7. The molecule has 0 bridgehead atoms. The molecule has 1 aliphatic carbocycles. The van der Waals surface area contributed by atoms with Gasteiger partial charge in [-0.25, -0.2) is 0 Å². The van der Waals surface area contributed by atoms with E-state index in [-0.39, 0.29) is 23.8 Å². The molecule has 0 N–H and O–H groups in total. The van der Waals surface area contributed by atoms with Crippen molar-refractivity contribution < 1.29 is 19.1 Å². The summed E-state index contributed by atoms with van der Waals surface area (Å²) in [6, 6.07) is 0. The highest BCUT2D eigenvalue weighted by atomic mass is 16.5. The fourth-order valence-electron chi connectivity index (χ4n) is 4.98. The molecule has 0 aromatic heterocycles. The third-order valence-electron chi connectivity index (χ3n) is 7.21. The Bertz CT molecular complexity index is 468. The van der Waals surface area contributed by atoms with Crippen LogP contribution in [0.1, 0.15) is 143 Å².